The molecule has 1 aliphatic carbocycles. The van der Waals surface area contributed by atoms with Gasteiger partial charge in [-0.1, -0.05) is 45.5 Å². The summed E-state index contributed by atoms with van der Waals surface area (Å²) < 4.78 is 42.7. The molecule has 1 aliphatic heterocycles. The van der Waals surface area contributed by atoms with Gasteiger partial charge in [0.25, 0.3) is 15.7 Å². The molecule has 56 heavy (non-hydrogen) atoms. The minimum absolute atomic E-state index is 0.0165. The number of carbonyl (C=O) groups is 2. The summed E-state index contributed by atoms with van der Waals surface area (Å²) in [6.07, 6.45) is 12.5. The Kier molecular flexibility index (Phi) is 15.7. The Morgan fingerprint density at radius 3 is 2.55 bits per heavy atom. The number of nitrogens with one attached hydrogen (secondary N) is 2. The molecule has 13 nitrogen and oxygen atoms in total. The molecule has 1 saturated carbocycles. The summed E-state index contributed by atoms with van der Waals surface area (Å²) in [7, 11) is -4.82. The second-order valence-corrected chi connectivity index (χ2v) is 24.1. The van der Waals surface area contributed by atoms with Crippen LogP contribution in [0, 0.1) is 11.3 Å². The van der Waals surface area contributed by atoms with E-state index >= 15 is 0 Å². The van der Waals surface area contributed by atoms with Crippen molar-refractivity contribution in [2.75, 3.05) is 45.8 Å². The van der Waals surface area contributed by atoms with E-state index in [1.54, 1.807) is 10.8 Å². The van der Waals surface area contributed by atoms with Crippen molar-refractivity contribution in [1.29, 1.82) is 0 Å². The molecular formula is C41H63N5O8SSi. The number of unbranched alkanes of at least 4 members (excludes halogenated alkanes) is 2. The van der Waals surface area contributed by atoms with Crippen molar-refractivity contribution < 1.29 is 31.7 Å². The first kappa shape index (κ1) is 43.9. The van der Waals surface area contributed by atoms with E-state index in [-0.39, 0.29) is 48.0 Å². The topological polar surface area (TPSA) is 160 Å². The third-order valence-electron chi connectivity index (χ3n) is 11.2. The molecule has 1 aromatic carbocycles. The number of rotatable bonds is 24. The second-order valence-electron chi connectivity index (χ2n) is 16.8. The quantitative estimate of drug-likeness (QED) is 0.0621. The van der Waals surface area contributed by atoms with Gasteiger partial charge in [-0.2, -0.15) is 8.42 Å². The van der Waals surface area contributed by atoms with E-state index in [0.717, 1.165) is 86.4 Å². The van der Waals surface area contributed by atoms with Gasteiger partial charge in [-0.25, -0.2) is 4.98 Å². The number of ketones is 1. The Bertz CT molecular complexity index is 1950. The van der Waals surface area contributed by atoms with Gasteiger partial charge in [0.1, 0.15) is 18.3 Å². The van der Waals surface area contributed by atoms with Crippen molar-refractivity contribution in [1.82, 2.24) is 24.8 Å². The first-order chi connectivity index (χ1) is 26.7. The molecule has 2 aliphatic rings. The SMILES string of the molecule is CCC(=O)CCCCC[C@H](NC(=O)[C@H]1CC12CCNCC2)c1ncc(-c2ccc3c(=O)n(CCOCCCOS(C)(=O)=O)ccc3c2)n1COCC[Si](C)(C)C. The summed E-state index contributed by atoms with van der Waals surface area (Å²) in [4.78, 5) is 44.3. The van der Waals surface area contributed by atoms with Gasteiger partial charge in [0.2, 0.25) is 5.91 Å². The van der Waals surface area contributed by atoms with E-state index in [0.29, 0.717) is 57.4 Å². The monoisotopic (exact) mass is 813 g/mol. The Labute approximate surface area is 333 Å². The predicted molar refractivity (Wildman–Crippen MR) is 222 cm³/mol. The number of nitrogens with zero attached hydrogens (tertiary/aromatic N) is 3. The van der Waals surface area contributed by atoms with Crippen LogP contribution in [-0.4, -0.2) is 88.1 Å². The van der Waals surface area contributed by atoms with Crippen LogP contribution in [-0.2, 0) is 46.6 Å². The van der Waals surface area contributed by atoms with E-state index < -0.39 is 18.2 Å². The normalized spacial score (nSPS) is 17.3. The van der Waals surface area contributed by atoms with Crippen LogP contribution in [0.25, 0.3) is 22.0 Å². The van der Waals surface area contributed by atoms with Crippen LogP contribution >= 0.6 is 0 Å². The van der Waals surface area contributed by atoms with E-state index in [4.69, 9.17) is 18.6 Å². The number of carbonyl (C=O) groups excluding carboxylic acids is 2. The largest absolute Gasteiger partial charge is 0.380 e. The molecular weight excluding hydrogens is 751 g/mol. The van der Waals surface area contributed by atoms with Crippen molar-refractivity contribution >= 4 is 40.7 Å². The average molecular weight is 814 g/mol. The van der Waals surface area contributed by atoms with Crippen LogP contribution in [0.2, 0.25) is 25.7 Å². The maximum Gasteiger partial charge on any atom is 0.264 e. The fourth-order valence-corrected chi connectivity index (χ4v) is 8.76. The Balaban J connectivity index is 1.36. The highest BCUT2D eigenvalue weighted by molar-refractivity contribution is 7.85. The first-order valence-corrected chi connectivity index (χ1v) is 25.9. The number of imidazole rings is 1. The van der Waals surface area contributed by atoms with Gasteiger partial charge in [0.15, 0.2) is 0 Å². The second kappa shape index (κ2) is 20.0. The summed E-state index contributed by atoms with van der Waals surface area (Å²) in [5.41, 5.74) is 1.72. The zero-order valence-electron chi connectivity index (χ0n) is 34.1. The van der Waals surface area contributed by atoms with Gasteiger partial charge in [0, 0.05) is 63.7 Å². The smallest absolute Gasteiger partial charge is 0.264 e. The molecule has 5 rings (SSSR count). The Morgan fingerprint density at radius 2 is 1.82 bits per heavy atom. The number of hydrogen-bond acceptors (Lipinski definition) is 10. The molecule has 15 heteroatoms. The fourth-order valence-electron chi connectivity index (χ4n) is 7.59. The lowest BCUT2D eigenvalue weighted by Gasteiger charge is -2.25. The number of aromatic nitrogens is 3. The number of piperidine rings is 1. The number of benzene rings is 1. The van der Waals surface area contributed by atoms with Crippen LogP contribution in [0.1, 0.15) is 83.0 Å². The zero-order chi connectivity index (χ0) is 40.3. The molecule has 2 aromatic heterocycles. The number of amides is 1. The van der Waals surface area contributed by atoms with E-state index in [1.165, 1.54) is 0 Å². The number of ether oxygens (including phenoxy) is 2. The van der Waals surface area contributed by atoms with Crippen molar-refractivity contribution in [3.8, 4) is 11.3 Å². The molecule has 1 saturated heterocycles. The van der Waals surface area contributed by atoms with Crippen molar-refractivity contribution in [3.05, 3.63) is 52.8 Å². The molecule has 0 unspecified atom stereocenters. The third kappa shape index (κ3) is 12.6. The molecule has 2 N–H and O–H groups in total. The molecule has 2 atom stereocenters. The molecule has 2 fully saturated rings. The van der Waals surface area contributed by atoms with Crippen LogP contribution < -0.4 is 16.2 Å². The molecule has 3 heterocycles. The van der Waals surface area contributed by atoms with Crippen LogP contribution in [0.3, 0.4) is 0 Å². The molecule has 0 bridgehead atoms. The molecule has 1 spiro atoms. The fraction of sp³-hybridized carbons (Fsp3) is 0.659. The number of Topliss-reactive ketones (excluding diaryl/α,β-unsaturated/α-hetero) is 1. The Hall–Kier alpha value is -3.21. The minimum atomic E-state index is -3.48. The van der Waals surface area contributed by atoms with Crippen LogP contribution in [0.4, 0.5) is 0 Å². The van der Waals surface area contributed by atoms with E-state index in [1.807, 2.05) is 37.4 Å². The summed E-state index contributed by atoms with van der Waals surface area (Å²) in [6.45, 7) is 12.7. The lowest BCUT2D eigenvalue weighted by molar-refractivity contribution is -0.124. The van der Waals surface area contributed by atoms with Gasteiger partial charge in [-0.15, -0.1) is 0 Å². The van der Waals surface area contributed by atoms with Crippen molar-refractivity contribution in [2.45, 2.75) is 116 Å². The van der Waals surface area contributed by atoms with Crippen LogP contribution in [0.5, 0.6) is 0 Å². The van der Waals surface area contributed by atoms with E-state index in [9.17, 15) is 22.8 Å². The average Bonchev–Trinajstić information content (AvgIpc) is 3.67. The third-order valence-corrected chi connectivity index (χ3v) is 13.5. The number of pyridine rings is 1. The Morgan fingerprint density at radius 1 is 1.04 bits per heavy atom. The highest BCUT2D eigenvalue weighted by atomic mass is 32.2. The highest BCUT2D eigenvalue weighted by Gasteiger charge is 2.57. The first-order valence-electron chi connectivity index (χ1n) is 20.4. The summed E-state index contributed by atoms with van der Waals surface area (Å²) in [5, 5.41) is 8.24. The van der Waals surface area contributed by atoms with Crippen molar-refractivity contribution in [2.24, 2.45) is 11.3 Å². The van der Waals surface area contributed by atoms with Gasteiger partial charge >= 0.3 is 0 Å². The van der Waals surface area contributed by atoms with Gasteiger partial charge in [-0.3, -0.25) is 18.6 Å². The zero-order valence-corrected chi connectivity index (χ0v) is 35.9. The maximum atomic E-state index is 13.9. The lowest BCUT2D eigenvalue weighted by Crippen LogP contribution is -2.36. The van der Waals surface area contributed by atoms with E-state index in [2.05, 4.69) is 34.8 Å². The number of fused-ring (bicyclic) bond motifs is 1. The summed E-state index contributed by atoms with van der Waals surface area (Å²) >= 11 is 0. The predicted octanol–water partition coefficient (Wildman–Crippen LogP) is 6.04. The molecule has 310 valence electrons. The standard InChI is InChI=1S/C41H63N5O8SSi/c1-6-33(47)11-8-7-9-12-36(44-39(48)35-28-41(35)16-18-42-19-17-41)38-43-29-37(46(38)30-53-25-26-56(3,4)5)32-13-14-34-31(27-32)15-20-45(40(34)49)21-24-52-22-10-23-54-55(2,50)51/h13-15,20,27,29,35-36,42H,6-12,16-19,21-26,28,30H2,1-5H3,(H,44,48)/t35-,36+/m1/s1. The maximum absolute atomic E-state index is 13.9. The summed E-state index contributed by atoms with van der Waals surface area (Å²) in [5.74, 6) is 1.15. The molecule has 1 amide bonds. The van der Waals surface area contributed by atoms with Gasteiger partial charge in [0.05, 0.1) is 37.4 Å². The highest BCUT2D eigenvalue weighted by Crippen LogP contribution is 2.58. The van der Waals surface area contributed by atoms with Crippen molar-refractivity contribution in [3.63, 3.8) is 0 Å². The summed E-state index contributed by atoms with van der Waals surface area (Å²) in [6, 6.07) is 8.41. The minimum Gasteiger partial charge on any atom is -0.380 e. The van der Waals surface area contributed by atoms with Gasteiger partial charge < -0.3 is 29.2 Å². The number of hydrogen-bond donors (Lipinski definition) is 2. The van der Waals surface area contributed by atoms with Gasteiger partial charge in [-0.05, 0) is 86.7 Å². The molecule has 0 radical (unpaired) electrons. The lowest BCUT2D eigenvalue weighted by atomic mass is 9.91. The van der Waals surface area contributed by atoms with Crippen LogP contribution in [0.15, 0.2) is 41.5 Å². The molecule has 3 aromatic rings.